The number of rotatable bonds is 4. The van der Waals surface area contributed by atoms with Crippen molar-refractivity contribution in [1.82, 2.24) is 10.2 Å². The summed E-state index contributed by atoms with van der Waals surface area (Å²) in [5, 5.41) is 6.50. The molecule has 1 unspecified atom stereocenters. The first-order valence-electron chi connectivity index (χ1n) is 8.01. The van der Waals surface area contributed by atoms with E-state index in [9.17, 15) is 4.79 Å². The Morgan fingerprint density at radius 1 is 1.33 bits per heavy atom. The number of carbonyl (C=O) groups excluding carboxylic acids is 1. The number of carbonyl (C=O) groups is 1. The molecule has 1 N–H and O–H groups in total. The lowest BCUT2D eigenvalue weighted by Gasteiger charge is -2.37. The molecule has 0 fully saturated rings. The van der Waals surface area contributed by atoms with Gasteiger partial charge in [0.15, 0.2) is 0 Å². The maximum Gasteiger partial charge on any atom is 0.237 e. The molecule has 1 aromatic heterocycles. The van der Waals surface area contributed by atoms with Crippen LogP contribution in [0.1, 0.15) is 35.9 Å². The summed E-state index contributed by atoms with van der Waals surface area (Å²) < 4.78 is 0. The molecule has 0 saturated carbocycles. The van der Waals surface area contributed by atoms with E-state index in [1.807, 2.05) is 30.9 Å². The Morgan fingerprint density at radius 2 is 2.12 bits per heavy atom. The molecule has 128 valence electrons. The molecular weight excluding hydrogens is 363 g/mol. The zero-order valence-electron chi connectivity index (χ0n) is 13.7. The van der Waals surface area contributed by atoms with Gasteiger partial charge in [0.05, 0.1) is 12.6 Å². The molecule has 1 aliphatic rings. The van der Waals surface area contributed by atoms with Gasteiger partial charge in [0.2, 0.25) is 5.91 Å². The van der Waals surface area contributed by atoms with Crippen molar-refractivity contribution >= 4 is 40.4 Å². The summed E-state index contributed by atoms with van der Waals surface area (Å²) in [4.78, 5) is 16.0. The van der Waals surface area contributed by atoms with Crippen molar-refractivity contribution in [2.75, 3.05) is 13.1 Å². The van der Waals surface area contributed by atoms with Gasteiger partial charge in [-0.05, 0) is 41.1 Å². The summed E-state index contributed by atoms with van der Waals surface area (Å²) in [7, 11) is 0. The summed E-state index contributed by atoms with van der Waals surface area (Å²) in [6.45, 7) is 5.11. The van der Waals surface area contributed by atoms with Crippen molar-refractivity contribution in [3.05, 3.63) is 55.7 Å². The molecule has 2 aromatic rings. The number of hydrogen-bond acceptors (Lipinski definition) is 3. The topological polar surface area (TPSA) is 32.3 Å². The van der Waals surface area contributed by atoms with Crippen molar-refractivity contribution in [3.63, 3.8) is 0 Å². The Bertz CT molecular complexity index is 744. The van der Waals surface area contributed by atoms with E-state index in [-0.39, 0.29) is 18.0 Å². The zero-order chi connectivity index (χ0) is 17.3. The van der Waals surface area contributed by atoms with Crippen LogP contribution >= 0.6 is 34.5 Å². The van der Waals surface area contributed by atoms with E-state index in [1.54, 1.807) is 17.4 Å². The fraction of sp³-hybridized carbons (Fsp3) is 0.389. The van der Waals surface area contributed by atoms with Gasteiger partial charge in [-0.2, -0.15) is 0 Å². The normalized spacial score (nSPS) is 17.2. The molecule has 2 heterocycles. The standard InChI is InChI=1S/C18H20Cl2N2OS/c1-11(2)21-10-17(23)22-7-5-16-14(6-8-24-16)18(22)13-4-3-12(19)9-15(13)20/h3-4,6,8-9,11,18,21H,5,7,10H2,1-2H3. The van der Waals surface area contributed by atoms with Crippen LogP contribution in [-0.4, -0.2) is 29.9 Å². The smallest absolute Gasteiger partial charge is 0.237 e. The van der Waals surface area contributed by atoms with Gasteiger partial charge < -0.3 is 10.2 Å². The third-order valence-electron chi connectivity index (χ3n) is 4.20. The molecule has 1 aliphatic heterocycles. The number of hydrogen-bond donors (Lipinski definition) is 1. The molecule has 0 spiro atoms. The van der Waals surface area contributed by atoms with Crippen molar-refractivity contribution in [2.24, 2.45) is 0 Å². The average Bonchev–Trinajstić information content (AvgIpc) is 3.00. The quantitative estimate of drug-likeness (QED) is 0.842. The fourth-order valence-electron chi connectivity index (χ4n) is 3.04. The van der Waals surface area contributed by atoms with E-state index in [4.69, 9.17) is 23.2 Å². The summed E-state index contributed by atoms with van der Waals surface area (Å²) in [6.07, 6.45) is 0.891. The van der Waals surface area contributed by atoms with Crippen molar-refractivity contribution < 1.29 is 4.79 Å². The first-order chi connectivity index (χ1) is 11.5. The van der Waals surface area contributed by atoms with E-state index in [1.165, 1.54) is 10.4 Å². The highest BCUT2D eigenvalue weighted by Crippen LogP contribution is 2.40. The minimum Gasteiger partial charge on any atom is -0.330 e. The molecule has 0 aliphatic carbocycles. The minimum absolute atomic E-state index is 0.0940. The van der Waals surface area contributed by atoms with Crippen LogP contribution in [0.3, 0.4) is 0 Å². The SMILES string of the molecule is CC(C)NCC(=O)N1CCc2sccc2C1c1ccc(Cl)cc1Cl. The minimum atomic E-state index is -0.147. The second-order valence-corrected chi connectivity index (χ2v) is 8.08. The van der Waals surface area contributed by atoms with Gasteiger partial charge in [-0.15, -0.1) is 11.3 Å². The average molecular weight is 383 g/mol. The van der Waals surface area contributed by atoms with Gasteiger partial charge in [0.25, 0.3) is 0 Å². The molecule has 1 amide bonds. The number of amides is 1. The highest BCUT2D eigenvalue weighted by atomic mass is 35.5. The van der Waals surface area contributed by atoms with Crippen molar-refractivity contribution in [3.8, 4) is 0 Å². The molecule has 6 heteroatoms. The number of benzene rings is 1. The van der Waals surface area contributed by atoms with E-state index >= 15 is 0 Å². The Kier molecular flexibility index (Phi) is 5.50. The maximum atomic E-state index is 12.8. The second kappa shape index (κ2) is 7.44. The molecule has 0 radical (unpaired) electrons. The van der Waals surface area contributed by atoms with E-state index in [2.05, 4.69) is 16.8 Å². The number of fused-ring (bicyclic) bond motifs is 1. The molecule has 0 bridgehead atoms. The Labute approximate surface area is 156 Å². The van der Waals surface area contributed by atoms with Crippen LogP contribution in [0.5, 0.6) is 0 Å². The van der Waals surface area contributed by atoms with E-state index < -0.39 is 0 Å². The molecule has 1 aromatic carbocycles. The van der Waals surface area contributed by atoms with Crippen molar-refractivity contribution in [1.29, 1.82) is 0 Å². The van der Waals surface area contributed by atoms with Crippen LogP contribution < -0.4 is 5.32 Å². The van der Waals surface area contributed by atoms with Gasteiger partial charge in [0, 0.05) is 27.5 Å². The number of nitrogens with zero attached hydrogens (tertiary/aromatic N) is 1. The van der Waals surface area contributed by atoms with Gasteiger partial charge in [-0.3, -0.25) is 4.79 Å². The molecule has 1 atom stereocenters. The molecule has 0 saturated heterocycles. The second-order valence-electron chi connectivity index (χ2n) is 6.24. The third-order valence-corrected chi connectivity index (χ3v) is 5.76. The van der Waals surface area contributed by atoms with Gasteiger partial charge in [0.1, 0.15) is 0 Å². The first-order valence-corrected chi connectivity index (χ1v) is 9.65. The number of nitrogens with one attached hydrogen (secondary N) is 1. The van der Waals surface area contributed by atoms with Crippen molar-refractivity contribution in [2.45, 2.75) is 32.4 Å². The van der Waals surface area contributed by atoms with Gasteiger partial charge in [-0.25, -0.2) is 0 Å². The van der Waals surface area contributed by atoms with Crippen LogP contribution in [-0.2, 0) is 11.2 Å². The number of thiophene rings is 1. The Balaban J connectivity index is 1.98. The Hall–Kier alpha value is -1.07. The molecule has 3 nitrogen and oxygen atoms in total. The lowest BCUT2D eigenvalue weighted by Crippen LogP contribution is -2.45. The summed E-state index contributed by atoms with van der Waals surface area (Å²) in [5.74, 6) is 0.0940. The van der Waals surface area contributed by atoms with Crippen LogP contribution in [0.2, 0.25) is 10.0 Å². The lowest BCUT2D eigenvalue weighted by atomic mass is 9.93. The summed E-state index contributed by atoms with van der Waals surface area (Å²) in [6, 6.07) is 7.73. The van der Waals surface area contributed by atoms with Gasteiger partial charge >= 0.3 is 0 Å². The predicted octanol–water partition coefficient (Wildman–Crippen LogP) is 4.53. The van der Waals surface area contributed by atoms with Crippen LogP contribution in [0.4, 0.5) is 0 Å². The van der Waals surface area contributed by atoms with Crippen LogP contribution in [0, 0.1) is 0 Å². The lowest BCUT2D eigenvalue weighted by molar-refractivity contribution is -0.132. The predicted molar refractivity (Wildman–Crippen MR) is 101 cm³/mol. The molecule has 24 heavy (non-hydrogen) atoms. The van der Waals surface area contributed by atoms with Crippen LogP contribution in [0.15, 0.2) is 29.6 Å². The molecule has 3 rings (SSSR count). The highest BCUT2D eigenvalue weighted by Gasteiger charge is 2.33. The van der Waals surface area contributed by atoms with E-state index in [0.717, 1.165) is 12.0 Å². The fourth-order valence-corrected chi connectivity index (χ4v) is 4.45. The third kappa shape index (κ3) is 3.62. The number of halogens is 2. The van der Waals surface area contributed by atoms with Gasteiger partial charge in [-0.1, -0.05) is 43.1 Å². The van der Waals surface area contributed by atoms with Crippen LogP contribution in [0.25, 0.3) is 0 Å². The highest BCUT2D eigenvalue weighted by molar-refractivity contribution is 7.10. The summed E-state index contributed by atoms with van der Waals surface area (Å²) >= 11 is 14.2. The Morgan fingerprint density at radius 3 is 2.83 bits per heavy atom. The largest absolute Gasteiger partial charge is 0.330 e. The maximum absolute atomic E-state index is 12.8. The molecular formula is C18H20Cl2N2OS. The summed E-state index contributed by atoms with van der Waals surface area (Å²) in [5.41, 5.74) is 2.10. The monoisotopic (exact) mass is 382 g/mol. The first kappa shape index (κ1) is 17.7. The zero-order valence-corrected chi connectivity index (χ0v) is 16.0. The van der Waals surface area contributed by atoms with E-state index in [0.29, 0.717) is 23.1 Å².